The quantitative estimate of drug-likeness (QED) is 0.635. The van der Waals surface area contributed by atoms with Crippen molar-refractivity contribution < 1.29 is 9.53 Å². The van der Waals surface area contributed by atoms with E-state index in [-0.39, 0.29) is 12.0 Å². The Bertz CT molecular complexity index is 407. The van der Waals surface area contributed by atoms with E-state index in [1.54, 1.807) is 18.8 Å². The Labute approximate surface area is 113 Å². The van der Waals surface area contributed by atoms with Gasteiger partial charge in [0.15, 0.2) is 0 Å². The highest BCUT2D eigenvalue weighted by molar-refractivity contribution is 7.99. The van der Waals surface area contributed by atoms with Crippen LogP contribution in [0.2, 0.25) is 0 Å². The lowest BCUT2D eigenvalue weighted by molar-refractivity contribution is -0.143. The zero-order valence-corrected chi connectivity index (χ0v) is 12.3. The van der Waals surface area contributed by atoms with Crippen molar-refractivity contribution in [3.63, 3.8) is 0 Å². The first-order chi connectivity index (χ1) is 8.58. The van der Waals surface area contributed by atoms with E-state index >= 15 is 0 Å². The van der Waals surface area contributed by atoms with Gasteiger partial charge in [-0.05, 0) is 38.9 Å². The molecule has 0 aliphatic carbocycles. The predicted molar refractivity (Wildman–Crippen MR) is 76.1 cm³/mol. The molecular weight excluding hydrogens is 246 g/mol. The molecule has 0 saturated carbocycles. The zero-order valence-electron chi connectivity index (χ0n) is 11.4. The molecule has 0 radical (unpaired) electrons. The van der Waals surface area contributed by atoms with Gasteiger partial charge in [0, 0.05) is 10.6 Å². The van der Waals surface area contributed by atoms with E-state index in [1.165, 1.54) is 23.1 Å². The summed E-state index contributed by atoms with van der Waals surface area (Å²) in [6, 6.07) is 6.22. The zero-order chi connectivity index (χ0) is 13.5. The maximum Gasteiger partial charge on any atom is 0.322 e. The predicted octanol–water partition coefficient (Wildman–Crippen LogP) is 2.55. The molecule has 1 atom stereocenters. The van der Waals surface area contributed by atoms with E-state index in [2.05, 4.69) is 37.4 Å². The van der Waals surface area contributed by atoms with E-state index < -0.39 is 0 Å². The fourth-order valence-electron chi connectivity index (χ4n) is 1.77. The Morgan fingerprint density at radius 2 is 2.17 bits per heavy atom. The van der Waals surface area contributed by atoms with Gasteiger partial charge in [0.1, 0.15) is 6.04 Å². The number of methoxy groups -OCH3 is 1. The van der Waals surface area contributed by atoms with Gasteiger partial charge < -0.3 is 10.1 Å². The summed E-state index contributed by atoms with van der Waals surface area (Å²) < 4.78 is 4.73. The molecule has 3 nitrogen and oxygen atoms in total. The number of thioether (sulfide) groups is 1. The summed E-state index contributed by atoms with van der Waals surface area (Å²) >= 11 is 1.78. The van der Waals surface area contributed by atoms with Crippen molar-refractivity contribution >= 4 is 17.7 Å². The fourth-order valence-corrected chi connectivity index (χ4v) is 2.79. The van der Waals surface area contributed by atoms with Crippen molar-refractivity contribution in [2.24, 2.45) is 0 Å². The molecule has 0 saturated heterocycles. The number of benzene rings is 1. The average molecular weight is 267 g/mol. The van der Waals surface area contributed by atoms with Gasteiger partial charge in [-0.3, -0.25) is 4.79 Å². The van der Waals surface area contributed by atoms with Crippen LogP contribution in [0.3, 0.4) is 0 Å². The normalized spacial score (nSPS) is 12.2. The van der Waals surface area contributed by atoms with Crippen molar-refractivity contribution in [3.8, 4) is 0 Å². The van der Waals surface area contributed by atoms with E-state index in [4.69, 9.17) is 4.74 Å². The summed E-state index contributed by atoms with van der Waals surface area (Å²) in [5.41, 5.74) is 2.57. The Kier molecular flexibility index (Phi) is 6.22. The number of esters is 1. The second-order valence-electron chi connectivity index (χ2n) is 4.27. The molecule has 4 heteroatoms. The average Bonchev–Trinajstić information content (AvgIpc) is 2.36. The van der Waals surface area contributed by atoms with E-state index in [9.17, 15) is 4.79 Å². The first-order valence-electron chi connectivity index (χ1n) is 6.03. The molecule has 1 aromatic rings. The molecular formula is C14H21NO2S. The summed E-state index contributed by atoms with van der Waals surface area (Å²) in [5, 5.41) is 2.97. The lowest BCUT2D eigenvalue weighted by Gasteiger charge is -2.13. The van der Waals surface area contributed by atoms with Crippen LogP contribution in [0, 0.1) is 13.8 Å². The molecule has 18 heavy (non-hydrogen) atoms. The maximum absolute atomic E-state index is 11.4. The summed E-state index contributed by atoms with van der Waals surface area (Å²) in [7, 11) is 3.20. The minimum Gasteiger partial charge on any atom is -0.468 e. The molecule has 100 valence electrons. The van der Waals surface area contributed by atoms with Crippen LogP contribution in [0.5, 0.6) is 0 Å². The smallest absolute Gasteiger partial charge is 0.322 e. The molecule has 0 spiro atoms. The van der Waals surface area contributed by atoms with Gasteiger partial charge in [-0.2, -0.15) is 0 Å². The third-order valence-electron chi connectivity index (χ3n) is 2.83. The van der Waals surface area contributed by atoms with Crippen molar-refractivity contribution in [3.05, 3.63) is 29.3 Å². The van der Waals surface area contributed by atoms with Crippen molar-refractivity contribution in [1.29, 1.82) is 0 Å². The third kappa shape index (κ3) is 4.35. The molecule has 0 aromatic heterocycles. The second kappa shape index (κ2) is 7.44. The number of hydrogen-bond donors (Lipinski definition) is 1. The molecule has 1 rings (SSSR count). The minimum atomic E-state index is -0.215. The molecule has 0 aliphatic rings. The van der Waals surface area contributed by atoms with Gasteiger partial charge in [-0.25, -0.2) is 0 Å². The Balaban J connectivity index is 2.48. The molecule has 1 N–H and O–H groups in total. The molecule has 0 bridgehead atoms. The van der Waals surface area contributed by atoms with Crippen molar-refractivity contribution in [2.75, 3.05) is 19.9 Å². The SMILES string of the molecule is CNC(CCSc1ccc(C)cc1C)C(=O)OC. The monoisotopic (exact) mass is 267 g/mol. The summed E-state index contributed by atoms with van der Waals surface area (Å²) in [4.78, 5) is 12.7. The van der Waals surface area contributed by atoms with E-state index in [0.29, 0.717) is 0 Å². The van der Waals surface area contributed by atoms with Crippen LogP contribution in [0.25, 0.3) is 0 Å². The van der Waals surface area contributed by atoms with Crippen LogP contribution in [0.15, 0.2) is 23.1 Å². The highest BCUT2D eigenvalue weighted by atomic mass is 32.2. The Morgan fingerprint density at radius 3 is 2.72 bits per heavy atom. The number of ether oxygens (including phenoxy) is 1. The summed E-state index contributed by atoms with van der Waals surface area (Å²) in [6.07, 6.45) is 0.765. The van der Waals surface area contributed by atoms with Crippen LogP contribution in [0.4, 0.5) is 0 Å². The van der Waals surface area contributed by atoms with Gasteiger partial charge in [-0.15, -0.1) is 11.8 Å². The van der Waals surface area contributed by atoms with Crippen molar-refractivity contribution in [2.45, 2.75) is 31.2 Å². The molecule has 1 aromatic carbocycles. The first-order valence-corrected chi connectivity index (χ1v) is 7.02. The number of rotatable bonds is 6. The van der Waals surface area contributed by atoms with Gasteiger partial charge in [0.05, 0.1) is 7.11 Å². The lowest BCUT2D eigenvalue weighted by Crippen LogP contribution is -2.35. The van der Waals surface area contributed by atoms with Gasteiger partial charge in [0.25, 0.3) is 0 Å². The van der Waals surface area contributed by atoms with E-state index in [0.717, 1.165) is 12.2 Å². The van der Waals surface area contributed by atoms with E-state index in [1.807, 2.05) is 0 Å². The van der Waals surface area contributed by atoms with Gasteiger partial charge in [-0.1, -0.05) is 17.7 Å². The van der Waals surface area contributed by atoms with Crippen LogP contribution in [0.1, 0.15) is 17.5 Å². The fraction of sp³-hybridized carbons (Fsp3) is 0.500. The lowest BCUT2D eigenvalue weighted by atomic mass is 10.2. The number of aryl methyl sites for hydroxylation is 2. The molecule has 0 aliphatic heterocycles. The topological polar surface area (TPSA) is 38.3 Å². The van der Waals surface area contributed by atoms with Gasteiger partial charge in [0.2, 0.25) is 0 Å². The standard InChI is InChI=1S/C14H21NO2S/c1-10-5-6-13(11(2)9-10)18-8-7-12(15-3)14(16)17-4/h5-6,9,12,15H,7-8H2,1-4H3. The van der Waals surface area contributed by atoms with Gasteiger partial charge >= 0.3 is 5.97 Å². The van der Waals surface area contributed by atoms with Crippen LogP contribution in [-0.4, -0.2) is 31.9 Å². The third-order valence-corrected chi connectivity index (χ3v) is 4.04. The number of carbonyl (C=O) groups excluding carboxylic acids is 1. The van der Waals surface area contributed by atoms with Crippen molar-refractivity contribution in [1.82, 2.24) is 5.32 Å². The largest absolute Gasteiger partial charge is 0.468 e. The number of hydrogen-bond acceptors (Lipinski definition) is 4. The summed E-state index contributed by atoms with van der Waals surface area (Å²) in [5.74, 6) is 0.698. The highest BCUT2D eigenvalue weighted by Crippen LogP contribution is 2.24. The maximum atomic E-state index is 11.4. The number of nitrogens with one attached hydrogen (secondary N) is 1. The van der Waals surface area contributed by atoms with Crippen LogP contribution in [-0.2, 0) is 9.53 Å². The Morgan fingerprint density at radius 1 is 1.44 bits per heavy atom. The first kappa shape index (κ1) is 15.1. The summed E-state index contributed by atoms with van der Waals surface area (Å²) in [6.45, 7) is 4.21. The number of carbonyl (C=O) groups is 1. The highest BCUT2D eigenvalue weighted by Gasteiger charge is 2.16. The minimum absolute atomic E-state index is 0.196. The molecule has 0 amide bonds. The second-order valence-corrected chi connectivity index (χ2v) is 5.41. The van der Waals surface area contributed by atoms with Crippen LogP contribution < -0.4 is 5.32 Å². The molecule has 1 unspecified atom stereocenters. The number of likely N-dealkylation sites (N-methyl/N-ethyl adjacent to an activating group) is 1. The Hall–Kier alpha value is -1.00. The van der Waals surface area contributed by atoms with Crippen LogP contribution >= 0.6 is 11.8 Å². The molecule has 0 fully saturated rings. The molecule has 0 heterocycles.